The number of benzene rings is 2. The smallest absolute Gasteiger partial charge is 0.162 e. The molecular formula is C27H32O4. The van der Waals surface area contributed by atoms with E-state index >= 15 is 0 Å². The van der Waals surface area contributed by atoms with Crippen molar-refractivity contribution in [2.24, 2.45) is 23.7 Å². The van der Waals surface area contributed by atoms with Crippen LogP contribution in [0.2, 0.25) is 0 Å². The van der Waals surface area contributed by atoms with Gasteiger partial charge in [0.1, 0.15) is 12.2 Å². The van der Waals surface area contributed by atoms with Crippen LogP contribution in [0, 0.1) is 23.7 Å². The molecule has 2 fully saturated rings. The molecule has 7 atom stereocenters. The fraction of sp³-hybridized carbons (Fsp3) is 0.481. The molecule has 2 aromatic rings. The van der Waals surface area contributed by atoms with Gasteiger partial charge in [-0.05, 0) is 35.3 Å². The van der Waals surface area contributed by atoms with Gasteiger partial charge in [0.15, 0.2) is 6.29 Å². The molecule has 5 rings (SSSR count). The molecule has 1 aliphatic heterocycles. The average molecular weight is 421 g/mol. The van der Waals surface area contributed by atoms with Crippen LogP contribution in [0.5, 0.6) is 0 Å². The molecule has 1 saturated heterocycles. The first-order chi connectivity index (χ1) is 15.3. The molecule has 2 aromatic carbocycles. The normalized spacial score (nSPS) is 33.9. The van der Waals surface area contributed by atoms with Crippen molar-refractivity contribution < 1.29 is 18.9 Å². The summed E-state index contributed by atoms with van der Waals surface area (Å²) < 4.78 is 25.0. The van der Waals surface area contributed by atoms with E-state index in [0.717, 1.165) is 0 Å². The van der Waals surface area contributed by atoms with Crippen molar-refractivity contribution in [3.63, 3.8) is 0 Å². The maximum absolute atomic E-state index is 6.46. The van der Waals surface area contributed by atoms with Gasteiger partial charge in [-0.1, -0.05) is 79.7 Å². The van der Waals surface area contributed by atoms with E-state index in [2.05, 4.69) is 43.3 Å². The van der Waals surface area contributed by atoms with Gasteiger partial charge in [-0.2, -0.15) is 0 Å². The molecule has 31 heavy (non-hydrogen) atoms. The lowest BCUT2D eigenvalue weighted by atomic mass is 9.84. The predicted octanol–water partition coefficient (Wildman–Crippen LogP) is 4.99. The van der Waals surface area contributed by atoms with Crippen molar-refractivity contribution in [1.82, 2.24) is 0 Å². The SMILES string of the molecule is C[C@@H]1[C@@H](C2O[C@@H](COCc3ccccc3)[C@@H](COCc3ccccc3)O2)[C@H]2C=C[C@@H]1C2. The van der Waals surface area contributed by atoms with Crippen LogP contribution in [0.3, 0.4) is 0 Å². The standard InChI is InChI=1S/C27H32O4/c1-19-22-12-13-23(14-22)26(19)27-30-24(17-28-15-20-8-4-2-5-9-20)25(31-27)18-29-16-21-10-6-3-7-11-21/h2-13,19,22-27H,14-18H2,1H3/t19-,22+,23-,24-,25+,26+,27?/m0/s1. The van der Waals surface area contributed by atoms with E-state index in [0.29, 0.717) is 50.1 Å². The molecular weight excluding hydrogens is 388 g/mol. The monoisotopic (exact) mass is 420 g/mol. The second-order valence-corrected chi connectivity index (χ2v) is 9.10. The van der Waals surface area contributed by atoms with Gasteiger partial charge in [-0.15, -0.1) is 0 Å². The Morgan fingerprint density at radius 1 is 0.742 bits per heavy atom. The van der Waals surface area contributed by atoms with Crippen LogP contribution in [0.4, 0.5) is 0 Å². The largest absolute Gasteiger partial charge is 0.374 e. The number of fused-ring (bicyclic) bond motifs is 2. The molecule has 0 amide bonds. The molecule has 2 bridgehead atoms. The molecule has 1 unspecified atom stereocenters. The van der Waals surface area contributed by atoms with Crippen LogP contribution >= 0.6 is 0 Å². The second kappa shape index (κ2) is 9.66. The summed E-state index contributed by atoms with van der Waals surface area (Å²) in [4.78, 5) is 0. The van der Waals surface area contributed by atoms with Crippen molar-refractivity contribution >= 4 is 0 Å². The molecule has 1 saturated carbocycles. The van der Waals surface area contributed by atoms with Gasteiger partial charge in [-0.3, -0.25) is 0 Å². The zero-order valence-corrected chi connectivity index (χ0v) is 18.1. The molecule has 1 heterocycles. The van der Waals surface area contributed by atoms with E-state index in [1.54, 1.807) is 0 Å². The van der Waals surface area contributed by atoms with E-state index in [1.807, 2.05) is 36.4 Å². The van der Waals surface area contributed by atoms with Crippen LogP contribution in [0.25, 0.3) is 0 Å². The van der Waals surface area contributed by atoms with Crippen molar-refractivity contribution in [3.05, 3.63) is 83.9 Å². The highest BCUT2D eigenvalue weighted by atomic mass is 16.7. The van der Waals surface area contributed by atoms with Gasteiger partial charge in [0.2, 0.25) is 0 Å². The Kier molecular flexibility index (Phi) is 6.51. The Morgan fingerprint density at radius 2 is 1.26 bits per heavy atom. The minimum atomic E-state index is -0.175. The third-order valence-corrected chi connectivity index (χ3v) is 7.06. The predicted molar refractivity (Wildman–Crippen MR) is 119 cm³/mol. The molecule has 2 aliphatic carbocycles. The molecule has 164 valence electrons. The number of rotatable bonds is 9. The van der Waals surface area contributed by atoms with E-state index in [-0.39, 0.29) is 18.5 Å². The van der Waals surface area contributed by atoms with E-state index in [1.165, 1.54) is 17.5 Å². The van der Waals surface area contributed by atoms with Gasteiger partial charge >= 0.3 is 0 Å². The highest BCUT2D eigenvalue weighted by Gasteiger charge is 2.51. The summed E-state index contributed by atoms with van der Waals surface area (Å²) >= 11 is 0. The van der Waals surface area contributed by atoms with Crippen LogP contribution < -0.4 is 0 Å². The number of hydrogen-bond acceptors (Lipinski definition) is 4. The van der Waals surface area contributed by atoms with Gasteiger partial charge in [-0.25, -0.2) is 0 Å². The van der Waals surface area contributed by atoms with E-state index in [4.69, 9.17) is 18.9 Å². The Labute approximate surface area is 185 Å². The summed E-state index contributed by atoms with van der Waals surface area (Å²) in [6.45, 7) is 4.52. The lowest BCUT2D eigenvalue weighted by Crippen LogP contribution is -2.31. The first kappa shape index (κ1) is 20.9. The van der Waals surface area contributed by atoms with Crippen LogP contribution in [0.15, 0.2) is 72.8 Å². The minimum absolute atomic E-state index is 0.111. The average Bonchev–Trinajstić information content (AvgIpc) is 3.51. The number of allylic oxidation sites excluding steroid dienone is 2. The van der Waals surface area contributed by atoms with Crippen LogP contribution in [-0.2, 0) is 32.2 Å². The first-order valence-electron chi connectivity index (χ1n) is 11.5. The lowest BCUT2D eigenvalue weighted by molar-refractivity contribution is -0.130. The fourth-order valence-electron chi connectivity index (χ4n) is 5.32. The Morgan fingerprint density at radius 3 is 1.74 bits per heavy atom. The summed E-state index contributed by atoms with van der Waals surface area (Å²) in [5.74, 6) is 2.25. The fourth-order valence-corrected chi connectivity index (χ4v) is 5.32. The summed E-state index contributed by atoms with van der Waals surface area (Å²) in [5, 5.41) is 0. The second-order valence-electron chi connectivity index (χ2n) is 9.10. The first-order valence-corrected chi connectivity index (χ1v) is 11.5. The molecule has 4 nitrogen and oxygen atoms in total. The van der Waals surface area contributed by atoms with Crippen molar-refractivity contribution in [2.45, 2.75) is 45.1 Å². The molecule has 4 heteroatoms. The Bertz CT molecular complexity index is 799. The van der Waals surface area contributed by atoms with Gasteiger partial charge in [0.05, 0.1) is 26.4 Å². The number of ether oxygens (including phenoxy) is 4. The van der Waals surface area contributed by atoms with Gasteiger partial charge < -0.3 is 18.9 Å². The molecule has 0 radical (unpaired) electrons. The summed E-state index contributed by atoms with van der Waals surface area (Å²) in [6, 6.07) is 20.5. The zero-order valence-electron chi connectivity index (χ0n) is 18.1. The van der Waals surface area contributed by atoms with Crippen LogP contribution in [0.1, 0.15) is 24.5 Å². The minimum Gasteiger partial charge on any atom is -0.374 e. The van der Waals surface area contributed by atoms with Crippen molar-refractivity contribution in [3.8, 4) is 0 Å². The summed E-state index contributed by atoms with van der Waals surface area (Å²) in [5.41, 5.74) is 2.34. The molecule has 0 spiro atoms. The number of hydrogen-bond donors (Lipinski definition) is 0. The van der Waals surface area contributed by atoms with Crippen molar-refractivity contribution in [1.29, 1.82) is 0 Å². The Hall–Kier alpha value is -1.98. The van der Waals surface area contributed by atoms with E-state index < -0.39 is 0 Å². The van der Waals surface area contributed by atoms with Gasteiger partial charge in [0.25, 0.3) is 0 Å². The molecule has 3 aliphatic rings. The maximum atomic E-state index is 6.46. The topological polar surface area (TPSA) is 36.9 Å². The maximum Gasteiger partial charge on any atom is 0.162 e. The third-order valence-electron chi connectivity index (χ3n) is 7.06. The van der Waals surface area contributed by atoms with Crippen molar-refractivity contribution in [2.75, 3.05) is 13.2 Å². The van der Waals surface area contributed by atoms with Crippen LogP contribution in [-0.4, -0.2) is 31.7 Å². The molecule has 0 aromatic heterocycles. The Balaban J connectivity index is 1.20. The van der Waals surface area contributed by atoms with E-state index in [9.17, 15) is 0 Å². The quantitative estimate of drug-likeness (QED) is 0.536. The highest BCUT2D eigenvalue weighted by molar-refractivity contribution is 5.15. The highest BCUT2D eigenvalue weighted by Crippen LogP contribution is 2.51. The summed E-state index contributed by atoms with van der Waals surface area (Å²) in [6.07, 6.45) is 5.58. The lowest BCUT2D eigenvalue weighted by Gasteiger charge is -2.29. The zero-order chi connectivity index (χ0) is 21.0. The molecule has 0 N–H and O–H groups in total. The van der Waals surface area contributed by atoms with Gasteiger partial charge in [0, 0.05) is 5.92 Å². The third kappa shape index (κ3) is 4.78. The summed E-state index contributed by atoms with van der Waals surface area (Å²) in [7, 11) is 0.